The van der Waals surface area contributed by atoms with Crippen molar-refractivity contribution in [3.63, 3.8) is 0 Å². The molecule has 0 radical (unpaired) electrons. The monoisotopic (exact) mass is 338 g/mol. The highest BCUT2D eigenvalue weighted by atomic mass is 16.5. The summed E-state index contributed by atoms with van der Waals surface area (Å²) in [6.45, 7) is 12.1. The molecule has 0 aliphatic carbocycles. The molecule has 0 saturated heterocycles. The molecular formula is C18H30N2O4. The third kappa shape index (κ3) is 4.45. The number of aromatic nitrogens is 1. The van der Waals surface area contributed by atoms with Crippen molar-refractivity contribution in [2.24, 2.45) is 0 Å². The van der Waals surface area contributed by atoms with Gasteiger partial charge in [0.1, 0.15) is 5.69 Å². The summed E-state index contributed by atoms with van der Waals surface area (Å²) in [4.78, 5) is 24.9. The Balaban J connectivity index is 2.94. The molecule has 6 heteroatoms. The van der Waals surface area contributed by atoms with E-state index in [4.69, 9.17) is 9.47 Å². The number of ketones is 1. The Morgan fingerprint density at radius 2 is 1.92 bits per heavy atom. The Labute approximate surface area is 144 Å². The van der Waals surface area contributed by atoms with Crippen LogP contribution in [0.3, 0.4) is 0 Å². The molecule has 0 aromatic carbocycles. The number of hydrogen-bond acceptors (Lipinski definition) is 5. The summed E-state index contributed by atoms with van der Waals surface area (Å²) in [7, 11) is 1.36. The summed E-state index contributed by atoms with van der Waals surface area (Å²) >= 11 is 0. The Bertz CT molecular complexity index is 578. The van der Waals surface area contributed by atoms with E-state index in [1.54, 1.807) is 6.92 Å². The first-order valence-corrected chi connectivity index (χ1v) is 8.53. The molecule has 1 atom stereocenters. The van der Waals surface area contributed by atoms with Gasteiger partial charge in [0.2, 0.25) is 0 Å². The van der Waals surface area contributed by atoms with Crippen molar-refractivity contribution in [2.75, 3.05) is 26.9 Å². The molecule has 0 amide bonds. The normalized spacial score (nSPS) is 12.2. The number of carbonyl (C=O) groups is 2. The van der Waals surface area contributed by atoms with E-state index in [1.807, 2.05) is 32.3 Å². The number of carbonyl (C=O) groups excluding carboxylic acids is 2. The maximum Gasteiger partial charge on any atom is 0.354 e. The minimum atomic E-state index is -0.408. The lowest BCUT2D eigenvalue weighted by molar-refractivity contribution is 0.0587. The number of nitrogens with one attached hydrogen (secondary N) is 1. The van der Waals surface area contributed by atoms with E-state index in [9.17, 15) is 9.59 Å². The number of esters is 1. The standard InChI is InChI=1S/C18H30N2O4/c1-7-20-14(5)15(12(3)16(20)18(22)23-6)17(21)13(4)19-10-9-11-24-8-2/h13,19H,7-11H2,1-6H3. The van der Waals surface area contributed by atoms with Gasteiger partial charge in [-0.25, -0.2) is 4.79 Å². The molecule has 0 aliphatic heterocycles. The number of Topliss-reactive ketones (excluding diaryl/α,β-unsaturated/α-hetero) is 1. The van der Waals surface area contributed by atoms with Crippen molar-refractivity contribution in [2.45, 2.75) is 53.6 Å². The zero-order valence-electron chi connectivity index (χ0n) is 15.7. The predicted molar refractivity (Wildman–Crippen MR) is 93.8 cm³/mol. The molecule has 1 heterocycles. The van der Waals surface area contributed by atoms with Crippen molar-refractivity contribution in [3.05, 3.63) is 22.5 Å². The number of methoxy groups -OCH3 is 1. The highest BCUT2D eigenvalue weighted by molar-refractivity contribution is 6.05. The van der Waals surface area contributed by atoms with Crippen molar-refractivity contribution < 1.29 is 19.1 Å². The molecule has 1 N–H and O–H groups in total. The van der Waals surface area contributed by atoms with Crippen molar-refractivity contribution in [3.8, 4) is 0 Å². The number of nitrogens with zero attached hydrogens (tertiary/aromatic N) is 1. The molecule has 136 valence electrons. The zero-order chi connectivity index (χ0) is 18.3. The van der Waals surface area contributed by atoms with Crippen LogP contribution in [0.5, 0.6) is 0 Å². The van der Waals surface area contributed by atoms with Gasteiger partial charge in [0, 0.05) is 31.0 Å². The van der Waals surface area contributed by atoms with E-state index < -0.39 is 5.97 Å². The van der Waals surface area contributed by atoms with E-state index in [-0.39, 0.29) is 11.8 Å². The van der Waals surface area contributed by atoms with Crippen LogP contribution < -0.4 is 5.32 Å². The molecule has 0 bridgehead atoms. The summed E-state index contributed by atoms with van der Waals surface area (Å²) in [5.74, 6) is -0.410. The summed E-state index contributed by atoms with van der Waals surface area (Å²) in [6.07, 6.45) is 0.854. The molecule has 1 aromatic heterocycles. The largest absolute Gasteiger partial charge is 0.464 e. The van der Waals surface area contributed by atoms with Gasteiger partial charge in [-0.05, 0) is 53.1 Å². The van der Waals surface area contributed by atoms with Gasteiger partial charge >= 0.3 is 5.97 Å². The van der Waals surface area contributed by atoms with Gasteiger partial charge in [-0.15, -0.1) is 0 Å². The van der Waals surface area contributed by atoms with Crippen LogP contribution in [0.2, 0.25) is 0 Å². The van der Waals surface area contributed by atoms with Crippen LogP contribution in [0, 0.1) is 13.8 Å². The zero-order valence-corrected chi connectivity index (χ0v) is 15.7. The van der Waals surface area contributed by atoms with Gasteiger partial charge in [0.15, 0.2) is 5.78 Å². The molecule has 24 heavy (non-hydrogen) atoms. The number of hydrogen-bond donors (Lipinski definition) is 1. The molecule has 0 fully saturated rings. The fourth-order valence-corrected chi connectivity index (χ4v) is 2.96. The molecule has 6 nitrogen and oxygen atoms in total. The summed E-state index contributed by atoms with van der Waals surface area (Å²) in [6, 6.07) is -0.317. The summed E-state index contributed by atoms with van der Waals surface area (Å²) in [5, 5.41) is 3.23. The van der Waals surface area contributed by atoms with E-state index in [0.29, 0.717) is 43.1 Å². The molecule has 0 saturated carbocycles. The lowest BCUT2D eigenvalue weighted by atomic mass is 10.0. The maximum absolute atomic E-state index is 12.8. The molecule has 1 rings (SSSR count). The van der Waals surface area contributed by atoms with Gasteiger partial charge in [-0.2, -0.15) is 0 Å². The first kappa shape index (κ1) is 20.4. The fraction of sp³-hybridized carbons (Fsp3) is 0.667. The third-order valence-corrected chi connectivity index (χ3v) is 4.22. The Hall–Kier alpha value is -1.66. The molecular weight excluding hydrogens is 308 g/mol. The van der Waals surface area contributed by atoms with Gasteiger partial charge in [0.05, 0.1) is 13.2 Å². The molecule has 1 unspecified atom stereocenters. The second-order valence-corrected chi connectivity index (χ2v) is 5.76. The third-order valence-electron chi connectivity index (χ3n) is 4.22. The smallest absolute Gasteiger partial charge is 0.354 e. The Morgan fingerprint density at radius 3 is 2.46 bits per heavy atom. The second-order valence-electron chi connectivity index (χ2n) is 5.76. The van der Waals surface area contributed by atoms with Crippen molar-refractivity contribution in [1.82, 2.24) is 9.88 Å². The first-order valence-electron chi connectivity index (χ1n) is 8.53. The topological polar surface area (TPSA) is 69.6 Å². The van der Waals surface area contributed by atoms with Gasteiger partial charge in [0.25, 0.3) is 0 Å². The lowest BCUT2D eigenvalue weighted by Crippen LogP contribution is -2.35. The fourth-order valence-electron chi connectivity index (χ4n) is 2.96. The lowest BCUT2D eigenvalue weighted by Gasteiger charge is -2.13. The van der Waals surface area contributed by atoms with Crippen molar-refractivity contribution in [1.29, 1.82) is 0 Å². The first-order chi connectivity index (χ1) is 11.4. The maximum atomic E-state index is 12.8. The SMILES string of the molecule is CCOCCCNC(C)C(=O)c1c(C)c(C(=O)OC)n(CC)c1C. The number of ether oxygens (including phenoxy) is 2. The molecule has 0 aliphatic rings. The van der Waals surface area contributed by atoms with Crippen molar-refractivity contribution >= 4 is 11.8 Å². The number of rotatable bonds is 10. The van der Waals surface area contributed by atoms with Crippen LogP contribution in [0.1, 0.15) is 59.3 Å². The minimum absolute atomic E-state index is 0.00115. The van der Waals surface area contributed by atoms with Gasteiger partial charge in [-0.3, -0.25) is 4.79 Å². The van der Waals surface area contributed by atoms with Crippen LogP contribution in [-0.4, -0.2) is 49.2 Å². The highest BCUT2D eigenvalue weighted by Gasteiger charge is 2.28. The van der Waals surface area contributed by atoms with Gasteiger partial charge in [-0.1, -0.05) is 0 Å². The van der Waals surface area contributed by atoms with E-state index >= 15 is 0 Å². The summed E-state index contributed by atoms with van der Waals surface area (Å²) in [5.41, 5.74) is 2.57. The molecule has 0 spiro atoms. The summed E-state index contributed by atoms with van der Waals surface area (Å²) < 4.78 is 12.0. The molecule has 1 aromatic rings. The average Bonchev–Trinajstić information content (AvgIpc) is 2.83. The van der Waals surface area contributed by atoms with Gasteiger partial charge < -0.3 is 19.4 Å². The van der Waals surface area contributed by atoms with Crippen LogP contribution in [0.25, 0.3) is 0 Å². The second kappa shape index (κ2) is 9.59. The Morgan fingerprint density at radius 1 is 1.25 bits per heavy atom. The quantitative estimate of drug-likeness (QED) is 0.403. The minimum Gasteiger partial charge on any atom is -0.464 e. The van der Waals surface area contributed by atoms with Crippen LogP contribution >= 0.6 is 0 Å². The predicted octanol–water partition coefficient (Wildman–Crippen LogP) is 2.50. The van der Waals surface area contributed by atoms with Crippen LogP contribution in [-0.2, 0) is 16.0 Å². The van der Waals surface area contributed by atoms with E-state index in [0.717, 1.165) is 12.1 Å². The Kier molecular flexibility index (Phi) is 8.15. The van der Waals surface area contributed by atoms with E-state index in [1.165, 1.54) is 7.11 Å². The van der Waals surface area contributed by atoms with E-state index in [2.05, 4.69) is 5.32 Å². The average molecular weight is 338 g/mol. The highest BCUT2D eigenvalue weighted by Crippen LogP contribution is 2.24. The van der Waals surface area contributed by atoms with Crippen LogP contribution in [0.15, 0.2) is 0 Å². The van der Waals surface area contributed by atoms with Crippen LogP contribution in [0.4, 0.5) is 0 Å².